The first-order valence-corrected chi connectivity index (χ1v) is 11.0. The summed E-state index contributed by atoms with van der Waals surface area (Å²) in [5, 5.41) is 12.7. The first-order valence-electron chi connectivity index (χ1n) is 11.0. The Balaban J connectivity index is 1.57. The SMILES string of the molecule is COc1ccc2c(C)c(CC(=O)N3CCC(C(=O)[O-])(c4ccccc4)CC3)c(=O)oc2c1OC. The lowest BCUT2D eigenvalue weighted by molar-refractivity contribution is -0.315. The zero-order chi connectivity index (χ0) is 24.5. The van der Waals surface area contributed by atoms with E-state index in [1.807, 2.05) is 6.07 Å². The minimum atomic E-state index is -1.14. The summed E-state index contributed by atoms with van der Waals surface area (Å²) < 4.78 is 16.2. The van der Waals surface area contributed by atoms with E-state index in [1.54, 1.807) is 48.2 Å². The Morgan fingerprint density at radius 2 is 1.74 bits per heavy atom. The molecule has 0 aliphatic carbocycles. The summed E-state index contributed by atoms with van der Waals surface area (Å²) in [4.78, 5) is 39.6. The Morgan fingerprint density at radius 3 is 2.32 bits per heavy atom. The molecule has 1 aliphatic heterocycles. The number of aliphatic carboxylic acids is 1. The van der Waals surface area contributed by atoms with Crippen molar-refractivity contribution >= 4 is 22.8 Å². The van der Waals surface area contributed by atoms with Crippen molar-refractivity contribution in [3.63, 3.8) is 0 Å². The molecule has 8 heteroatoms. The minimum absolute atomic E-state index is 0.137. The molecule has 0 unspecified atom stereocenters. The Hall–Kier alpha value is -3.81. The van der Waals surface area contributed by atoms with E-state index < -0.39 is 17.0 Å². The highest BCUT2D eigenvalue weighted by Crippen LogP contribution is 2.37. The fourth-order valence-electron chi connectivity index (χ4n) is 4.74. The number of piperidine rings is 1. The highest BCUT2D eigenvalue weighted by molar-refractivity contribution is 5.90. The number of nitrogens with zero attached hydrogens (tertiary/aromatic N) is 1. The number of aryl methyl sites for hydroxylation is 1. The summed E-state index contributed by atoms with van der Waals surface area (Å²) in [7, 11) is 2.95. The van der Waals surface area contributed by atoms with Crippen LogP contribution >= 0.6 is 0 Å². The molecular weight excluding hydrogens is 438 g/mol. The molecule has 34 heavy (non-hydrogen) atoms. The van der Waals surface area contributed by atoms with Gasteiger partial charge < -0.3 is 28.7 Å². The molecule has 1 fully saturated rings. The number of carboxylic acid groups (broad SMARTS) is 1. The highest BCUT2D eigenvalue weighted by Gasteiger charge is 2.39. The van der Waals surface area contributed by atoms with Gasteiger partial charge in [0.25, 0.3) is 0 Å². The maximum atomic E-state index is 13.1. The fourth-order valence-corrected chi connectivity index (χ4v) is 4.74. The number of carbonyl (C=O) groups is 2. The molecule has 0 radical (unpaired) electrons. The summed E-state index contributed by atoms with van der Waals surface area (Å²) in [5.41, 5.74) is 0.0919. The maximum Gasteiger partial charge on any atom is 0.340 e. The normalized spacial score (nSPS) is 15.2. The number of hydrogen-bond donors (Lipinski definition) is 0. The van der Waals surface area contributed by atoms with Crippen LogP contribution < -0.4 is 20.2 Å². The van der Waals surface area contributed by atoms with E-state index in [0.29, 0.717) is 28.0 Å². The van der Waals surface area contributed by atoms with Crippen molar-refractivity contribution in [2.45, 2.75) is 31.6 Å². The molecule has 4 rings (SSSR count). The molecule has 1 aliphatic rings. The molecule has 1 aromatic heterocycles. The topological polar surface area (TPSA) is 109 Å². The number of rotatable bonds is 6. The molecule has 8 nitrogen and oxygen atoms in total. The average Bonchev–Trinajstić information content (AvgIpc) is 2.86. The predicted molar refractivity (Wildman–Crippen MR) is 123 cm³/mol. The number of hydrogen-bond acceptors (Lipinski definition) is 7. The molecule has 0 saturated carbocycles. The van der Waals surface area contributed by atoms with Crippen LogP contribution in [0.4, 0.5) is 0 Å². The summed E-state index contributed by atoms with van der Waals surface area (Å²) in [5.74, 6) is -0.644. The molecule has 0 atom stereocenters. The first kappa shape index (κ1) is 23.4. The summed E-state index contributed by atoms with van der Waals surface area (Å²) >= 11 is 0. The zero-order valence-corrected chi connectivity index (χ0v) is 19.4. The van der Waals surface area contributed by atoms with Gasteiger partial charge in [-0.1, -0.05) is 30.3 Å². The van der Waals surface area contributed by atoms with Crippen molar-refractivity contribution in [2.24, 2.45) is 0 Å². The second kappa shape index (κ2) is 9.21. The van der Waals surface area contributed by atoms with Gasteiger partial charge in [0.15, 0.2) is 11.3 Å². The van der Waals surface area contributed by atoms with Crippen molar-refractivity contribution in [3.8, 4) is 11.5 Å². The molecule has 1 amide bonds. The van der Waals surface area contributed by atoms with Crippen LogP contribution in [-0.2, 0) is 21.4 Å². The molecule has 178 valence electrons. The first-order chi connectivity index (χ1) is 16.3. The summed E-state index contributed by atoms with van der Waals surface area (Å²) in [6.07, 6.45) is 0.350. The molecule has 1 saturated heterocycles. The minimum Gasteiger partial charge on any atom is -0.549 e. The van der Waals surface area contributed by atoms with Gasteiger partial charge in [0.2, 0.25) is 11.7 Å². The highest BCUT2D eigenvalue weighted by atomic mass is 16.5. The van der Waals surface area contributed by atoms with E-state index in [-0.39, 0.29) is 49.4 Å². The third kappa shape index (κ3) is 3.89. The van der Waals surface area contributed by atoms with E-state index in [2.05, 4.69) is 0 Å². The lowest BCUT2D eigenvalue weighted by atomic mass is 9.73. The van der Waals surface area contributed by atoms with Gasteiger partial charge in [0, 0.05) is 23.9 Å². The number of amides is 1. The van der Waals surface area contributed by atoms with Crippen LogP contribution in [0.3, 0.4) is 0 Å². The van der Waals surface area contributed by atoms with Crippen LogP contribution in [0.25, 0.3) is 11.0 Å². The number of methoxy groups -OCH3 is 2. The van der Waals surface area contributed by atoms with Gasteiger partial charge in [-0.05, 0) is 43.0 Å². The van der Waals surface area contributed by atoms with Crippen molar-refractivity contribution in [1.82, 2.24) is 4.90 Å². The second-order valence-electron chi connectivity index (χ2n) is 8.46. The molecule has 0 bridgehead atoms. The van der Waals surface area contributed by atoms with E-state index in [4.69, 9.17) is 13.9 Å². The smallest absolute Gasteiger partial charge is 0.340 e. The largest absolute Gasteiger partial charge is 0.549 e. The Bertz CT molecular complexity index is 1290. The monoisotopic (exact) mass is 464 g/mol. The lowest BCUT2D eigenvalue weighted by Gasteiger charge is -2.43. The number of fused-ring (bicyclic) bond motifs is 1. The summed E-state index contributed by atoms with van der Waals surface area (Å²) in [6.45, 7) is 2.27. The van der Waals surface area contributed by atoms with Crippen LogP contribution in [0.15, 0.2) is 51.7 Å². The van der Waals surface area contributed by atoms with Crippen LogP contribution in [0.1, 0.15) is 29.5 Å². The van der Waals surface area contributed by atoms with E-state index in [1.165, 1.54) is 14.2 Å². The molecule has 2 heterocycles. The van der Waals surface area contributed by atoms with Gasteiger partial charge in [-0.2, -0.15) is 0 Å². The number of ether oxygens (including phenoxy) is 2. The van der Waals surface area contributed by atoms with E-state index in [9.17, 15) is 19.5 Å². The zero-order valence-electron chi connectivity index (χ0n) is 19.4. The summed E-state index contributed by atoms with van der Waals surface area (Å²) in [6, 6.07) is 12.5. The van der Waals surface area contributed by atoms with E-state index >= 15 is 0 Å². The van der Waals surface area contributed by atoms with Gasteiger partial charge in [-0.15, -0.1) is 0 Å². The number of carboxylic acids is 1. The average molecular weight is 464 g/mol. The Kier molecular flexibility index (Phi) is 6.32. The number of carbonyl (C=O) groups excluding carboxylic acids is 2. The molecule has 3 aromatic rings. The lowest BCUT2D eigenvalue weighted by Crippen LogP contribution is -2.54. The van der Waals surface area contributed by atoms with Gasteiger partial charge in [0.05, 0.1) is 32.2 Å². The Labute approximate surface area is 196 Å². The number of benzene rings is 2. The van der Waals surface area contributed by atoms with Crippen molar-refractivity contribution in [1.29, 1.82) is 0 Å². The quantitative estimate of drug-likeness (QED) is 0.513. The molecule has 2 aromatic carbocycles. The fraction of sp³-hybridized carbons (Fsp3) is 0.346. The van der Waals surface area contributed by atoms with E-state index in [0.717, 1.165) is 0 Å². The van der Waals surface area contributed by atoms with Crippen LogP contribution in [0.5, 0.6) is 11.5 Å². The maximum absolute atomic E-state index is 13.1. The van der Waals surface area contributed by atoms with Gasteiger partial charge in [0.1, 0.15) is 0 Å². The molecule has 0 N–H and O–H groups in total. The number of likely N-dealkylation sites (tertiary alicyclic amines) is 1. The van der Waals surface area contributed by atoms with Crippen LogP contribution in [0, 0.1) is 6.92 Å². The van der Waals surface area contributed by atoms with Gasteiger partial charge >= 0.3 is 5.63 Å². The third-order valence-electron chi connectivity index (χ3n) is 6.81. The Morgan fingerprint density at radius 1 is 1.06 bits per heavy atom. The standard InChI is InChI=1S/C26H27NO7/c1-16-18-9-10-20(32-2)23(33-3)22(18)34-24(29)19(16)15-21(28)27-13-11-26(12-14-27,25(30)31)17-7-5-4-6-8-17/h4-10H,11-15H2,1-3H3,(H,30,31)/p-1. The predicted octanol–water partition coefficient (Wildman–Crippen LogP) is 1.97. The van der Waals surface area contributed by atoms with Crippen molar-refractivity contribution < 1.29 is 28.6 Å². The van der Waals surface area contributed by atoms with Crippen LogP contribution in [-0.4, -0.2) is 44.1 Å². The van der Waals surface area contributed by atoms with Crippen molar-refractivity contribution in [2.75, 3.05) is 27.3 Å². The van der Waals surface area contributed by atoms with Crippen LogP contribution in [0.2, 0.25) is 0 Å². The third-order valence-corrected chi connectivity index (χ3v) is 6.81. The second-order valence-corrected chi connectivity index (χ2v) is 8.46. The van der Waals surface area contributed by atoms with Crippen molar-refractivity contribution in [3.05, 3.63) is 69.6 Å². The van der Waals surface area contributed by atoms with Gasteiger partial charge in [-0.3, -0.25) is 4.79 Å². The van der Waals surface area contributed by atoms with Gasteiger partial charge in [-0.25, -0.2) is 4.79 Å². The molecule has 0 spiro atoms. The molecular formula is C26H26NO7-.